The van der Waals surface area contributed by atoms with Crippen molar-refractivity contribution in [1.29, 1.82) is 0 Å². The van der Waals surface area contributed by atoms with E-state index < -0.39 is 0 Å². The summed E-state index contributed by atoms with van der Waals surface area (Å²) in [6.45, 7) is 7.80. The first-order chi connectivity index (χ1) is 9.66. The lowest BCUT2D eigenvalue weighted by Gasteiger charge is -2.26. The summed E-state index contributed by atoms with van der Waals surface area (Å²) >= 11 is 6.24. The Morgan fingerprint density at radius 2 is 2.00 bits per heavy atom. The van der Waals surface area contributed by atoms with Gasteiger partial charge in [-0.15, -0.1) is 0 Å². The van der Waals surface area contributed by atoms with Gasteiger partial charge in [0.25, 0.3) is 0 Å². The minimum atomic E-state index is 0.854. The standard InChI is InChI=1S/C16H22ClN3/c1-12-15(17)4-3-14-13(11-19(2)16(12)14)5-8-20-9-6-18-7-10-20/h3-4,11,18H,5-10H2,1-2H3. The Balaban J connectivity index is 1.83. The SMILES string of the molecule is Cc1c(Cl)ccc2c(CCN3CCNCC3)cn(C)c12. The summed E-state index contributed by atoms with van der Waals surface area (Å²) in [4.78, 5) is 2.54. The van der Waals surface area contributed by atoms with Crippen LogP contribution in [-0.2, 0) is 13.5 Å². The molecular formula is C16H22ClN3. The molecule has 4 heteroatoms. The van der Waals surface area contributed by atoms with Gasteiger partial charge in [0, 0.05) is 56.4 Å². The number of fused-ring (bicyclic) bond motifs is 1. The summed E-state index contributed by atoms with van der Waals surface area (Å²) in [6.07, 6.45) is 3.37. The van der Waals surface area contributed by atoms with Crippen molar-refractivity contribution in [3.63, 3.8) is 0 Å². The molecule has 0 radical (unpaired) electrons. The second-order valence-corrected chi connectivity index (χ2v) is 6.08. The molecule has 1 aliphatic rings. The van der Waals surface area contributed by atoms with Crippen molar-refractivity contribution in [3.8, 4) is 0 Å². The van der Waals surface area contributed by atoms with E-state index >= 15 is 0 Å². The topological polar surface area (TPSA) is 20.2 Å². The zero-order valence-corrected chi connectivity index (χ0v) is 13.0. The van der Waals surface area contributed by atoms with Crippen LogP contribution in [0.5, 0.6) is 0 Å². The molecular weight excluding hydrogens is 270 g/mol. The van der Waals surface area contributed by atoms with Gasteiger partial charge < -0.3 is 14.8 Å². The molecule has 0 atom stereocenters. The number of benzene rings is 1. The van der Waals surface area contributed by atoms with Crippen LogP contribution in [-0.4, -0.2) is 42.2 Å². The summed E-state index contributed by atoms with van der Waals surface area (Å²) in [7, 11) is 2.11. The van der Waals surface area contributed by atoms with Gasteiger partial charge in [0.05, 0.1) is 5.52 Å². The van der Waals surface area contributed by atoms with Gasteiger partial charge in [0.2, 0.25) is 0 Å². The molecule has 0 aliphatic carbocycles. The van der Waals surface area contributed by atoms with E-state index in [0.29, 0.717) is 0 Å². The van der Waals surface area contributed by atoms with Crippen LogP contribution < -0.4 is 5.32 Å². The van der Waals surface area contributed by atoms with Crippen LogP contribution in [0.25, 0.3) is 10.9 Å². The van der Waals surface area contributed by atoms with Gasteiger partial charge in [-0.25, -0.2) is 0 Å². The number of nitrogens with zero attached hydrogens (tertiary/aromatic N) is 2. The maximum absolute atomic E-state index is 6.24. The highest BCUT2D eigenvalue weighted by Crippen LogP contribution is 2.29. The van der Waals surface area contributed by atoms with E-state index in [1.165, 1.54) is 22.0 Å². The highest BCUT2D eigenvalue weighted by Gasteiger charge is 2.13. The molecule has 108 valence electrons. The molecule has 20 heavy (non-hydrogen) atoms. The van der Waals surface area contributed by atoms with Gasteiger partial charge in [0.1, 0.15) is 0 Å². The van der Waals surface area contributed by atoms with E-state index in [0.717, 1.165) is 44.2 Å². The van der Waals surface area contributed by atoms with Crippen molar-refractivity contribution < 1.29 is 0 Å². The molecule has 1 fully saturated rings. The Hall–Kier alpha value is -1.03. The molecule has 1 N–H and O–H groups in total. The lowest BCUT2D eigenvalue weighted by atomic mass is 10.1. The van der Waals surface area contributed by atoms with Crippen LogP contribution in [0.15, 0.2) is 18.3 Å². The molecule has 2 aromatic rings. The minimum absolute atomic E-state index is 0.854. The molecule has 1 aromatic heterocycles. The molecule has 1 aliphatic heterocycles. The van der Waals surface area contributed by atoms with Crippen molar-refractivity contribution in [3.05, 3.63) is 34.5 Å². The smallest absolute Gasteiger partial charge is 0.0525 e. The fourth-order valence-electron chi connectivity index (χ4n) is 3.17. The normalized spacial score (nSPS) is 16.9. The number of aryl methyl sites for hydroxylation is 2. The third-order valence-corrected chi connectivity index (χ3v) is 4.73. The average molecular weight is 292 g/mol. The Morgan fingerprint density at radius 3 is 2.75 bits per heavy atom. The quantitative estimate of drug-likeness (QED) is 0.938. The molecule has 1 aromatic carbocycles. The van der Waals surface area contributed by atoms with Gasteiger partial charge in [0.15, 0.2) is 0 Å². The maximum atomic E-state index is 6.24. The van der Waals surface area contributed by atoms with Crippen molar-refractivity contribution in [2.75, 3.05) is 32.7 Å². The van der Waals surface area contributed by atoms with E-state index in [-0.39, 0.29) is 0 Å². The van der Waals surface area contributed by atoms with Crippen LogP contribution in [0.1, 0.15) is 11.1 Å². The summed E-state index contributed by atoms with van der Waals surface area (Å²) in [5.41, 5.74) is 3.88. The highest BCUT2D eigenvalue weighted by molar-refractivity contribution is 6.32. The Kier molecular flexibility index (Phi) is 4.01. The number of hydrogen-bond acceptors (Lipinski definition) is 2. The summed E-state index contributed by atoms with van der Waals surface area (Å²) in [5.74, 6) is 0. The summed E-state index contributed by atoms with van der Waals surface area (Å²) in [5, 5.41) is 5.61. The maximum Gasteiger partial charge on any atom is 0.0525 e. The van der Waals surface area contributed by atoms with Crippen LogP contribution in [0.4, 0.5) is 0 Å². The van der Waals surface area contributed by atoms with E-state index in [4.69, 9.17) is 11.6 Å². The Bertz CT molecular complexity index is 612. The molecule has 0 saturated carbocycles. The van der Waals surface area contributed by atoms with Gasteiger partial charge in [-0.05, 0) is 30.5 Å². The lowest BCUT2D eigenvalue weighted by molar-refractivity contribution is 0.244. The van der Waals surface area contributed by atoms with Crippen molar-refractivity contribution in [2.45, 2.75) is 13.3 Å². The number of aromatic nitrogens is 1. The lowest BCUT2D eigenvalue weighted by Crippen LogP contribution is -2.44. The van der Waals surface area contributed by atoms with Crippen LogP contribution in [0, 0.1) is 6.92 Å². The highest BCUT2D eigenvalue weighted by atomic mass is 35.5. The predicted octanol–water partition coefficient (Wildman–Crippen LogP) is 2.59. The fraction of sp³-hybridized carbons (Fsp3) is 0.500. The molecule has 0 spiro atoms. The Morgan fingerprint density at radius 1 is 1.25 bits per heavy atom. The predicted molar refractivity (Wildman–Crippen MR) is 85.7 cm³/mol. The van der Waals surface area contributed by atoms with Crippen LogP contribution in [0.3, 0.4) is 0 Å². The van der Waals surface area contributed by atoms with Crippen LogP contribution in [0.2, 0.25) is 5.02 Å². The first-order valence-electron chi connectivity index (χ1n) is 7.33. The van der Waals surface area contributed by atoms with Crippen molar-refractivity contribution in [2.24, 2.45) is 7.05 Å². The van der Waals surface area contributed by atoms with E-state index in [1.54, 1.807) is 0 Å². The van der Waals surface area contributed by atoms with Crippen molar-refractivity contribution >= 4 is 22.5 Å². The van der Waals surface area contributed by atoms with E-state index in [1.807, 2.05) is 6.07 Å². The van der Waals surface area contributed by atoms with Gasteiger partial charge >= 0.3 is 0 Å². The molecule has 0 amide bonds. The third-order valence-electron chi connectivity index (χ3n) is 4.32. The number of piperazine rings is 1. The first kappa shape index (κ1) is 13.9. The Labute approximate surface area is 125 Å². The molecule has 3 rings (SSSR count). The molecule has 3 nitrogen and oxygen atoms in total. The monoisotopic (exact) mass is 291 g/mol. The first-order valence-corrected chi connectivity index (χ1v) is 7.70. The average Bonchev–Trinajstić information content (AvgIpc) is 2.79. The minimum Gasteiger partial charge on any atom is -0.350 e. The number of nitrogens with one attached hydrogen (secondary N) is 1. The van der Waals surface area contributed by atoms with Crippen LogP contribution >= 0.6 is 11.6 Å². The van der Waals surface area contributed by atoms with Gasteiger partial charge in [-0.2, -0.15) is 0 Å². The van der Waals surface area contributed by atoms with Gasteiger partial charge in [-0.3, -0.25) is 0 Å². The van der Waals surface area contributed by atoms with E-state index in [2.05, 4.69) is 41.0 Å². The zero-order chi connectivity index (χ0) is 14.1. The summed E-state index contributed by atoms with van der Waals surface area (Å²) < 4.78 is 2.21. The zero-order valence-electron chi connectivity index (χ0n) is 12.2. The fourth-order valence-corrected chi connectivity index (χ4v) is 3.32. The third kappa shape index (κ3) is 2.58. The molecule has 1 saturated heterocycles. The summed E-state index contributed by atoms with van der Waals surface area (Å²) in [6, 6.07) is 4.19. The number of rotatable bonds is 3. The van der Waals surface area contributed by atoms with E-state index in [9.17, 15) is 0 Å². The largest absolute Gasteiger partial charge is 0.350 e. The number of hydrogen-bond donors (Lipinski definition) is 1. The second kappa shape index (κ2) is 5.76. The molecule has 0 unspecified atom stereocenters. The second-order valence-electron chi connectivity index (χ2n) is 5.68. The molecule has 2 heterocycles. The van der Waals surface area contributed by atoms with Crippen molar-refractivity contribution in [1.82, 2.24) is 14.8 Å². The number of halogens is 1. The van der Waals surface area contributed by atoms with Gasteiger partial charge in [-0.1, -0.05) is 17.7 Å². The molecule has 0 bridgehead atoms.